The first kappa shape index (κ1) is 32.4. The van der Waals surface area contributed by atoms with Crippen molar-refractivity contribution in [1.29, 1.82) is 0 Å². The number of halogens is 2. The second kappa shape index (κ2) is 12.9. The number of anilines is 1. The third-order valence-electron chi connectivity index (χ3n) is 8.59. The number of nitrogens with zero attached hydrogens (tertiary/aromatic N) is 3. The van der Waals surface area contributed by atoms with E-state index < -0.39 is 18.9 Å². The molecule has 0 bridgehead atoms. The second-order valence-electron chi connectivity index (χ2n) is 11.7. The second-order valence-corrected chi connectivity index (χ2v) is 11.7. The quantitative estimate of drug-likeness (QED) is 0.139. The van der Waals surface area contributed by atoms with E-state index in [-0.39, 0.29) is 47.1 Å². The van der Waals surface area contributed by atoms with Crippen LogP contribution >= 0.6 is 0 Å². The summed E-state index contributed by atoms with van der Waals surface area (Å²) in [6.07, 6.45) is 4.90. The largest absolute Gasteiger partial charge is 0.737 e. The number of ether oxygens (including phenoxy) is 2. The van der Waals surface area contributed by atoms with Crippen molar-refractivity contribution in [2.75, 3.05) is 32.2 Å². The molecule has 0 unspecified atom stereocenters. The number of carbonyl (C=O) groups excluding carboxylic acids is 2. The lowest BCUT2D eigenvalue weighted by Crippen LogP contribution is -2.51. The van der Waals surface area contributed by atoms with Crippen molar-refractivity contribution in [2.24, 2.45) is 0 Å². The summed E-state index contributed by atoms with van der Waals surface area (Å²) in [4.78, 5) is 29.2. The summed E-state index contributed by atoms with van der Waals surface area (Å²) in [5.41, 5.74) is 4.03. The van der Waals surface area contributed by atoms with Gasteiger partial charge in [-0.3, -0.25) is 0 Å². The van der Waals surface area contributed by atoms with Gasteiger partial charge in [0.25, 0.3) is 0 Å². The Labute approximate surface area is 278 Å². The van der Waals surface area contributed by atoms with E-state index in [4.69, 9.17) is 9.47 Å². The number of fused-ring (bicyclic) bond motifs is 2. The van der Waals surface area contributed by atoms with Crippen molar-refractivity contribution in [1.82, 2.24) is 4.48 Å². The predicted molar refractivity (Wildman–Crippen MR) is 187 cm³/mol. The van der Waals surface area contributed by atoms with E-state index in [1.807, 2.05) is 55.4 Å². The molecular formula is C38H36BF2N3O4. The van der Waals surface area contributed by atoms with Gasteiger partial charge in [0.1, 0.15) is 5.57 Å². The lowest BCUT2D eigenvalue weighted by atomic mass is 9.87. The molecule has 3 aromatic carbocycles. The van der Waals surface area contributed by atoms with E-state index in [9.17, 15) is 9.59 Å². The third-order valence-corrected chi connectivity index (χ3v) is 8.59. The molecule has 0 amide bonds. The van der Waals surface area contributed by atoms with Gasteiger partial charge in [-0.15, -0.1) is 0 Å². The third kappa shape index (κ3) is 5.47. The normalized spacial score (nSPS) is 14.9. The van der Waals surface area contributed by atoms with Gasteiger partial charge in [0.15, 0.2) is 11.4 Å². The van der Waals surface area contributed by atoms with Crippen LogP contribution in [0.3, 0.4) is 0 Å². The average Bonchev–Trinajstić information content (AvgIpc) is 3.58. The number of hydrogen-bond donors (Lipinski definition) is 0. The van der Waals surface area contributed by atoms with Crippen LogP contribution in [0.5, 0.6) is 0 Å². The van der Waals surface area contributed by atoms with Crippen LogP contribution in [-0.2, 0) is 14.3 Å². The Morgan fingerprint density at radius 1 is 0.833 bits per heavy atom. The topological polar surface area (TPSA) is 63.8 Å². The summed E-state index contributed by atoms with van der Waals surface area (Å²) in [6, 6.07) is 25.6. The maximum absolute atomic E-state index is 17.5. The van der Waals surface area contributed by atoms with Crippen molar-refractivity contribution in [3.63, 3.8) is 0 Å². The first-order valence-electron chi connectivity index (χ1n) is 15.9. The zero-order chi connectivity index (χ0) is 34.2. The minimum absolute atomic E-state index is 0.00191. The lowest BCUT2D eigenvalue weighted by Gasteiger charge is -2.31. The highest BCUT2D eigenvalue weighted by molar-refractivity contribution is 6.59. The van der Waals surface area contributed by atoms with Crippen LogP contribution in [0.1, 0.15) is 46.7 Å². The molecule has 244 valence electrons. The molecule has 2 aliphatic rings. The van der Waals surface area contributed by atoms with E-state index in [1.54, 1.807) is 80.6 Å². The fraction of sp³-hybridized carbons (Fsp3) is 0.184. The van der Waals surface area contributed by atoms with Crippen LogP contribution in [0.4, 0.5) is 14.3 Å². The lowest BCUT2D eigenvalue weighted by molar-refractivity contribution is -0.358. The van der Waals surface area contributed by atoms with Gasteiger partial charge in [-0.1, -0.05) is 72.8 Å². The number of esters is 2. The minimum Gasteiger partial charge on any atom is -0.462 e. The number of allylic oxidation sites excluding steroid dienone is 2. The minimum atomic E-state index is -4.67. The van der Waals surface area contributed by atoms with E-state index in [0.29, 0.717) is 22.3 Å². The molecule has 0 aliphatic carbocycles. The molecule has 0 atom stereocenters. The Hall–Kier alpha value is -5.51. The van der Waals surface area contributed by atoms with Crippen LogP contribution in [0.15, 0.2) is 102 Å². The molecule has 0 spiro atoms. The fourth-order valence-corrected chi connectivity index (χ4v) is 6.50. The van der Waals surface area contributed by atoms with E-state index in [1.165, 1.54) is 6.92 Å². The fourth-order valence-electron chi connectivity index (χ4n) is 6.50. The smallest absolute Gasteiger partial charge is 0.462 e. The van der Waals surface area contributed by atoms with Crippen molar-refractivity contribution >= 4 is 48.0 Å². The molecule has 48 heavy (non-hydrogen) atoms. The zero-order valence-corrected chi connectivity index (χ0v) is 27.5. The maximum Gasteiger partial charge on any atom is 0.737 e. The molecule has 6 rings (SSSR count). The van der Waals surface area contributed by atoms with Crippen molar-refractivity contribution in [3.8, 4) is 11.1 Å². The molecule has 7 nitrogen and oxygen atoms in total. The summed E-state index contributed by atoms with van der Waals surface area (Å²) < 4.78 is 47.8. The van der Waals surface area contributed by atoms with Crippen LogP contribution in [0.25, 0.3) is 28.9 Å². The summed E-state index contributed by atoms with van der Waals surface area (Å²) in [5, 5.41) is 0. The number of benzene rings is 3. The Bertz CT molecular complexity index is 2030. The first-order valence-corrected chi connectivity index (χ1v) is 15.9. The SMILES string of the molecule is CCOC(=O)C1=C(c2ccccc2)C2=Cc3c(-c4ccccc4)c(C(=O)OCC)c(C)n3[B-](F)(F)[N+]2=C1/C=C/c1ccc(N(C)C)cc1. The molecule has 2 aliphatic heterocycles. The highest BCUT2D eigenvalue weighted by Gasteiger charge is 2.57. The molecule has 10 heteroatoms. The first-order chi connectivity index (χ1) is 23.1. The molecule has 0 radical (unpaired) electrons. The van der Waals surface area contributed by atoms with Gasteiger partial charge < -0.3 is 32.0 Å². The summed E-state index contributed by atoms with van der Waals surface area (Å²) in [7, 11) is 3.87. The Morgan fingerprint density at radius 2 is 1.42 bits per heavy atom. The molecule has 4 aromatic rings. The van der Waals surface area contributed by atoms with Crippen molar-refractivity contribution < 1.29 is 32.2 Å². The van der Waals surface area contributed by atoms with Crippen LogP contribution in [0.2, 0.25) is 0 Å². The summed E-state index contributed by atoms with van der Waals surface area (Å²) in [6.45, 7) is 0.346. The average molecular weight is 648 g/mol. The Kier molecular flexibility index (Phi) is 8.75. The standard InChI is InChI=1S/C38H36BF2N3O4/c1-6-47-37(45)33-25(3)43-31(34(33)27-14-10-8-11-15-27)24-32-35(28-16-12-9-13-17-28)36(38(46)48-7-2)30(44(32)39(43,40)41)23-20-26-18-21-29(22-19-26)42(4)5/h8-24H,6-7H2,1-5H3/b23-20+. The number of rotatable bonds is 9. The van der Waals surface area contributed by atoms with Gasteiger partial charge in [-0.2, -0.15) is 0 Å². The van der Waals surface area contributed by atoms with Gasteiger partial charge in [0.05, 0.1) is 24.4 Å². The van der Waals surface area contributed by atoms with E-state index in [0.717, 1.165) is 20.2 Å². The molecule has 0 saturated heterocycles. The van der Waals surface area contributed by atoms with Crippen LogP contribution < -0.4 is 4.90 Å². The van der Waals surface area contributed by atoms with Gasteiger partial charge >= 0.3 is 18.9 Å². The molecule has 0 N–H and O–H groups in total. The van der Waals surface area contributed by atoms with Crippen molar-refractivity contribution in [2.45, 2.75) is 20.8 Å². The number of hydrogen-bond acceptors (Lipinski definition) is 5. The Balaban J connectivity index is 1.69. The van der Waals surface area contributed by atoms with Gasteiger partial charge in [0, 0.05) is 43.2 Å². The Morgan fingerprint density at radius 3 is 2.00 bits per heavy atom. The number of carbonyl (C=O) groups is 2. The molecule has 0 saturated carbocycles. The zero-order valence-electron chi connectivity index (χ0n) is 27.5. The molecule has 1 aromatic heterocycles. The summed E-state index contributed by atoms with van der Waals surface area (Å²) >= 11 is 0. The summed E-state index contributed by atoms with van der Waals surface area (Å²) in [5.74, 6) is -1.39. The maximum atomic E-state index is 17.5. The molecule has 0 fully saturated rings. The predicted octanol–water partition coefficient (Wildman–Crippen LogP) is 7.48. The highest BCUT2D eigenvalue weighted by atomic mass is 19.2. The van der Waals surface area contributed by atoms with Gasteiger partial charge in [-0.25, -0.2) is 9.59 Å². The van der Waals surface area contributed by atoms with Crippen LogP contribution in [-0.4, -0.2) is 60.9 Å². The van der Waals surface area contributed by atoms with E-state index in [2.05, 4.69) is 0 Å². The van der Waals surface area contributed by atoms with Gasteiger partial charge in [0.2, 0.25) is 0 Å². The van der Waals surface area contributed by atoms with Crippen LogP contribution in [0, 0.1) is 6.92 Å². The van der Waals surface area contributed by atoms with E-state index >= 15 is 8.63 Å². The number of aromatic nitrogens is 1. The highest BCUT2D eigenvalue weighted by Crippen LogP contribution is 2.46. The monoisotopic (exact) mass is 647 g/mol. The van der Waals surface area contributed by atoms with Crippen molar-refractivity contribution in [3.05, 3.63) is 130 Å². The van der Waals surface area contributed by atoms with Gasteiger partial charge in [-0.05, 0) is 61.4 Å². The molecule has 3 heterocycles. The molecular weight excluding hydrogens is 611 g/mol.